The summed E-state index contributed by atoms with van der Waals surface area (Å²) in [6.45, 7) is 7.19. The minimum Gasteiger partial charge on any atom is -0.396 e. The summed E-state index contributed by atoms with van der Waals surface area (Å²) in [5, 5.41) is 11.9. The maximum atomic E-state index is 11.9. The molecule has 0 aromatic rings. The van der Waals surface area contributed by atoms with Gasteiger partial charge in [0.2, 0.25) is 5.91 Å². The molecule has 98 valence electrons. The number of hydrogen-bond donors (Lipinski definition) is 2. The van der Waals surface area contributed by atoms with Gasteiger partial charge in [0.1, 0.15) is 0 Å². The second-order valence-corrected chi connectivity index (χ2v) is 4.61. The lowest BCUT2D eigenvalue weighted by molar-refractivity contribution is -0.127. The lowest BCUT2D eigenvalue weighted by Gasteiger charge is -2.39. The third-order valence-electron chi connectivity index (χ3n) is 3.43. The lowest BCUT2D eigenvalue weighted by atomic mass is 9.97. The quantitative estimate of drug-likeness (QED) is 0.679. The fraction of sp³-hybridized carbons (Fsp3) is 0.769. The number of aliphatic hydroxyl groups is 1. The predicted molar refractivity (Wildman–Crippen MR) is 68.7 cm³/mol. The van der Waals surface area contributed by atoms with E-state index in [0.29, 0.717) is 12.6 Å². The van der Waals surface area contributed by atoms with Crippen LogP contribution in [0.3, 0.4) is 0 Å². The number of carbonyl (C=O) groups is 1. The monoisotopic (exact) mass is 240 g/mol. The van der Waals surface area contributed by atoms with Crippen LogP contribution in [0.2, 0.25) is 0 Å². The summed E-state index contributed by atoms with van der Waals surface area (Å²) in [6, 6.07) is 0.227. The number of likely N-dealkylation sites (tertiary alicyclic amines) is 1. The Labute approximate surface area is 104 Å². The van der Waals surface area contributed by atoms with Crippen LogP contribution in [-0.4, -0.2) is 47.7 Å². The summed E-state index contributed by atoms with van der Waals surface area (Å²) in [6.07, 6.45) is 5.87. The molecule has 1 saturated heterocycles. The molecule has 2 unspecified atom stereocenters. The van der Waals surface area contributed by atoms with Gasteiger partial charge in [-0.15, -0.1) is 6.58 Å². The molecule has 1 fully saturated rings. The van der Waals surface area contributed by atoms with E-state index >= 15 is 0 Å². The van der Waals surface area contributed by atoms with E-state index in [2.05, 4.69) is 16.8 Å². The minimum absolute atomic E-state index is 0.0507. The number of aliphatic hydroxyl groups excluding tert-OH is 1. The molecule has 0 bridgehead atoms. The molecule has 1 aliphatic rings. The van der Waals surface area contributed by atoms with Crippen molar-refractivity contribution in [3.8, 4) is 0 Å². The number of piperidine rings is 1. The number of nitrogens with zero attached hydrogens (tertiary/aromatic N) is 1. The molecule has 0 aromatic carbocycles. The van der Waals surface area contributed by atoms with Crippen LogP contribution in [-0.2, 0) is 4.79 Å². The highest BCUT2D eigenvalue weighted by Crippen LogP contribution is 2.21. The molecular formula is C13H24N2O2. The van der Waals surface area contributed by atoms with Gasteiger partial charge in [0, 0.05) is 19.2 Å². The summed E-state index contributed by atoms with van der Waals surface area (Å²) in [5.41, 5.74) is 0. The maximum absolute atomic E-state index is 11.9. The first-order chi connectivity index (χ1) is 8.20. The van der Waals surface area contributed by atoms with E-state index < -0.39 is 0 Å². The molecule has 0 aromatic heterocycles. The van der Waals surface area contributed by atoms with Gasteiger partial charge in [-0.05, 0) is 32.7 Å². The second-order valence-electron chi connectivity index (χ2n) is 4.61. The minimum atomic E-state index is -0.119. The number of nitrogens with one attached hydrogen (secondary N) is 1. The molecular weight excluding hydrogens is 216 g/mol. The van der Waals surface area contributed by atoms with E-state index in [1.54, 1.807) is 6.08 Å². The van der Waals surface area contributed by atoms with Gasteiger partial charge in [0.15, 0.2) is 0 Å². The van der Waals surface area contributed by atoms with Crippen LogP contribution in [0.1, 0.15) is 32.6 Å². The van der Waals surface area contributed by atoms with Gasteiger partial charge in [-0.3, -0.25) is 9.69 Å². The Kier molecular flexibility index (Phi) is 6.22. The Morgan fingerprint density at radius 1 is 1.65 bits per heavy atom. The molecule has 1 aliphatic heterocycles. The molecule has 2 atom stereocenters. The smallest absolute Gasteiger partial charge is 0.237 e. The number of amides is 1. The molecule has 1 amide bonds. The Morgan fingerprint density at radius 2 is 2.41 bits per heavy atom. The van der Waals surface area contributed by atoms with Crippen LogP contribution in [0, 0.1) is 0 Å². The Morgan fingerprint density at radius 3 is 3.06 bits per heavy atom. The Hall–Kier alpha value is -0.870. The van der Waals surface area contributed by atoms with Crippen LogP contribution >= 0.6 is 0 Å². The molecule has 0 spiro atoms. The highest BCUT2D eigenvalue weighted by molar-refractivity contribution is 5.81. The number of rotatable bonds is 6. The van der Waals surface area contributed by atoms with Gasteiger partial charge in [-0.25, -0.2) is 0 Å². The SMILES string of the molecule is C=CCNC(=O)C(C)N1CCCCC1CCO. The van der Waals surface area contributed by atoms with Gasteiger partial charge < -0.3 is 10.4 Å². The normalized spacial score (nSPS) is 23.1. The number of carbonyl (C=O) groups excluding carboxylic acids is 1. The molecule has 0 radical (unpaired) electrons. The van der Waals surface area contributed by atoms with Gasteiger partial charge in [-0.2, -0.15) is 0 Å². The first-order valence-corrected chi connectivity index (χ1v) is 6.46. The zero-order valence-electron chi connectivity index (χ0n) is 10.7. The van der Waals surface area contributed by atoms with Gasteiger partial charge in [0.25, 0.3) is 0 Å². The van der Waals surface area contributed by atoms with Crippen LogP contribution < -0.4 is 5.32 Å². The van der Waals surface area contributed by atoms with Crippen molar-refractivity contribution < 1.29 is 9.90 Å². The second kappa shape index (κ2) is 7.45. The summed E-state index contributed by atoms with van der Waals surface area (Å²) in [5.74, 6) is 0.0507. The first kappa shape index (κ1) is 14.2. The van der Waals surface area contributed by atoms with Crippen molar-refractivity contribution in [1.82, 2.24) is 10.2 Å². The van der Waals surface area contributed by atoms with Crippen molar-refractivity contribution in [2.24, 2.45) is 0 Å². The van der Waals surface area contributed by atoms with E-state index in [4.69, 9.17) is 5.11 Å². The maximum Gasteiger partial charge on any atom is 0.237 e. The average Bonchev–Trinajstić information content (AvgIpc) is 2.36. The van der Waals surface area contributed by atoms with E-state index in [1.807, 2.05) is 6.92 Å². The van der Waals surface area contributed by atoms with Crippen LogP contribution in [0.5, 0.6) is 0 Å². The van der Waals surface area contributed by atoms with Crippen LogP contribution in [0.25, 0.3) is 0 Å². The zero-order chi connectivity index (χ0) is 12.7. The van der Waals surface area contributed by atoms with Gasteiger partial charge in [-0.1, -0.05) is 12.5 Å². The standard InChI is InChI=1S/C13H24N2O2/c1-3-8-14-13(17)11(2)15-9-5-4-6-12(15)7-10-16/h3,11-12,16H,1,4-10H2,2H3,(H,14,17). The Bertz CT molecular complexity index is 254. The van der Waals surface area contributed by atoms with Gasteiger partial charge in [0.05, 0.1) is 6.04 Å². The number of hydrogen-bond acceptors (Lipinski definition) is 3. The molecule has 0 aliphatic carbocycles. The summed E-state index contributed by atoms with van der Waals surface area (Å²) < 4.78 is 0. The summed E-state index contributed by atoms with van der Waals surface area (Å²) >= 11 is 0. The molecule has 1 heterocycles. The molecule has 4 nitrogen and oxygen atoms in total. The van der Waals surface area contributed by atoms with E-state index in [-0.39, 0.29) is 18.6 Å². The van der Waals surface area contributed by atoms with E-state index in [0.717, 1.165) is 25.8 Å². The van der Waals surface area contributed by atoms with E-state index in [9.17, 15) is 4.79 Å². The Balaban J connectivity index is 2.54. The van der Waals surface area contributed by atoms with E-state index in [1.165, 1.54) is 6.42 Å². The van der Waals surface area contributed by atoms with Crippen molar-refractivity contribution in [3.63, 3.8) is 0 Å². The predicted octanol–water partition coefficient (Wildman–Crippen LogP) is 0.914. The zero-order valence-corrected chi connectivity index (χ0v) is 10.7. The third kappa shape index (κ3) is 4.13. The van der Waals surface area contributed by atoms with Crippen molar-refractivity contribution in [2.75, 3.05) is 19.7 Å². The van der Waals surface area contributed by atoms with Crippen molar-refractivity contribution in [2.45, 2.75) is 44.7 Å². The lowest BCUT2D eigenvalue weighted by Crippen LogP contribution is -2.52. The summed E-state index contributed by atoms with van der Waals surface area (Å²) in [4.78, 5) is 14.1. The fourth-order valence-corrected chi connectivity index (χ4v) is 2.46. The first-order valence-electron chi connectivity index (χ1n) is 6.46. The molecule has 17 heavy (non-hydrogen) atoms. The molecule has 0 saturated carbocycles. The fourth-order valence-electron chi connectivity index (χ4n) is 2.46. The van der Waals surface area contributed by atoms with Crippen molar-refractivity contribution >= 4 is 5.91 Å². The van der Waals surface area contributed by atoms with Crippen LogP contribution in [0.15, 0.2) is 12.7 Å². The topological polar surface area (TPSA) is 52.6 Å². The highest BCUT2D eigenvalue weighted by atomic mass is 16.3. The van der Waals surface area contributed by atoms with Crippen LogP contribution in [0.4, 0.5) is 0 Å². The highest BCUT2D eigenvalue weighted by Gasteiger charge is 2.29. The molecule has 2 N–H and O–H groups in total. The third-order valence-corrected chi connectivity index (χ3v) is 3.43. The average molecular weight is 240 g/mol. The molecule has 4 heteroatoms. The van der Waals surface area contributed by atoms with Crippen molar-refractivity contribution in [1.29, 1.82) is 0 Å². The van der Waals surface area contributed by atoms with Gasteiger partial charge >= 0.3 is 0 Å². The summed E-state index contributed by atoms with van der Waals surface area (Å²) in [7, 11) is 0. The largest absolute Gasteiger partial charge is 0.396 e. The van der Waals surface area contributed by atoms with Crippen molar-refractivity contribution in [3.05, 3.63) is 12.7 Å². The molecule has 1 rings (SSSR count).